The van der Waals surface area contributed by atoms with Gasteiger partial charge in [0.2, 0.25) is 5.91 Å². The monoisotopic (exact) mass is 299 g/mol. The van der Waals surface area contributed by atoms with Crippen LogP contribution >= 0.6 is 0 Å². The normalized spacial score (nSPS) is 23.0. The first-order valence-electron chi connectivity index (χ1n) is 7.38. The molecule has 6 heteroatoms. The van der Waals surface area contributed by atoms with Gasteiger partial charge in [-0.15, -0.1) is 0 Å². The average molecular weight is 299 g/mol. The van der Waals surface area contributed by atoms with Crippen molar-refractivity contribution in [2.24, 2.45) is 5.92 Å². The van der Waals surface area contributed by atoms with E-state index in [1.165, 1.54) is 4.90 Å². The van der Waals surface area contributed by atoms with Crippen LogP contribution in [0.25, 0.3) is 0 Å². The molecule has 0 unspecified atom stereocenters. The fraction of sp³-hybridized carbons (Fsp3) is 0.375. The van der Waals surface area contributed by atoms with Gasteiger partial charge in [0.15, 0.2) is 0 Å². The van der Waals surface area contributed by atoms with Crippen LogP contribution in [0.1, 0.15) is 46.9 Å². The summed E-state index contributed by atoms with van der Waals surface area (Å²) in [6, 6.07) is 6.63. The largest absolute Gasteiger partial charge is 0.314 e. The summed E-state index contributed by atoms with van der Waals surface area (Å²) in [4.78, 5) is 37.2. The van der Waals surface area contributed by atoms with E-state index in [4.69, 9.17) is 5.41 Å². The van der Waals surface area contributed by atoms with E-state index in [0.717, 1.165) is 0 Å². The Bertz CT molecular complexity index is 642. The summed E-state index contributed by atoms with van der Waals surface area (Å²) in [5.41, 5.74) is 0.899. The lowest BCUT2D eigenvalue weighted by molar-refractivity contribution is -0.119. The number of carbonyl (C=O) groups is 3. The minimum Gasteiger partial charge on any atom is -0.314 e. The Kier molecular flexibility index (Phi) is 3.52. The number of hydrogen-bond acceptors (Lipinski definition) is 4. The number of hydrogen-bond donors (Lipinski definition) is 2. The summed E-state index contributed by atoms with van der Waals surface area (Å²) in [5.74, 6) is -0.611. The van der Waals surface area contributed by atoms with Crippen LogP contribution in [0.15, 0.2) is 24.3 Å². The number of nitrogens with zero attached hydrogens (tertiary/aromatic N) is 1. The molecule has 3 amide bonds. The van der Waals surface area contributed by atoms with Gasteiger partial charge in [-0.25, -0.2) is 0 Å². The van der Waals surface area contributed by atoms with Crippen LogP contribution in [0.3, 0.4) is 0 Å². The highest BCUT2D eigenvalue weighted by Crippen LogP contribution is 2.36. The lowest BCUT2D eigenvalue weighted by Gasteiger charge is -2.40. The molecular formula is C16H17N3O3. The molecule has 1 aromatic rings. The number of nitrogens with one attached hydrogen (secondary N) is 2. The molecule has 3 rings (SSSR count). The van der Waals surface area contributed by atoms with E-state index in [1.54, 1.807) is 31.2 Å². The fourth-order valence-corrected chi connectivity index (χ4v) is 2.91. The van der Waals surface area contributed by atoms with Crippen molar-refractivity contribution in [3.8, 4) is 0 Å². The highest BCUT2D eigenvalue weighted by molar-refractivity contribution is 6.21. The van der Waals surface area contributed by atoms with Gasteiger partial charge in [0, 0.05) is 18.4 Å². The molecule has 6 nitrogen and oxygen atoms in total. The maximum atomic E-state index is 12.3. The first-order valence-corrected chi connectivity index (χ1v) is 7.38. The van der Waals surface area contributed by atoms with Crippen molar-refractivity contribution in [3.63, 3.8) is 0 Å². The van der Waals surface area contributed by atoms with Gasteiger partial charge in [-0.1, -0.05) is 19.1 Å². The minimum absolute atomic E-state index is 0.0928. The first-order chi connectivity index (χ1) is 10.5. The number of amides is 3. The molecule has 1 saturated carbocycles. The Morgan fingerprint density at radius 2 is 1.77 bits per heavy atom. The Morgan fingerprint density at radius 1 is 1.23 bits per heavy atom. The predicted molar refractivity (Wildman–Crippen MR) is 79.6 cm³/mol. The summed E-state index contributed by atoms with van der Waals surface area (Å²) in [6.07, 6.45) is 1.40. The molecule has 114 valence electrons. The van der Waals surface area contributed by atoms with Gasteiger partial charge in [-0.3, -0.25) is 24.7 Å². The van der Waals surface area contributed by atoms with Gasteiger partial charge in [-0.05, 0) is 25.0 Å². The van der Waals surface area contributed by atoms with Gasteiger partial charge in [0.1, 0.15) is 5.84 Å². The molecule has 1 heterocycles. The highest BCUT2D eigenvalue weighted by atomic mass is 16.2. The maximum absolute atomic E-state index is 12.3. The number of carbonyl (C=O) groups excluding carboxylic acids is 3. The van der Waals surface area contributed by atoms with Crippen LogP contribution in [0.4, 0.5) is 0 Å². The minimum atomic E-state index is -0.256. The molecule has 0 radical (unpaired) electrons. The van der Waals surface area contributed by atoms with Crippen molar-refractivity contribution in [1.82, 2.24) is 10.2 Å². The number of amidine groups is 1. The quantitative estimate of drug-likeness (QED) is 0.504. The molecule has 2 N–H and O–H groups in total. The molecule has 0 bridgehead atoms. The molecular weight excluding hydrogens is 282 g/mol. The van der Waals surface area contributed by atoms with E-state index in [9.17, 15) is 14.4 Å². The van der Waals surface area contributed by atoms with Crippen LogP contribution < -0.4 is 5.32 Å². The zero-order valence-electron chi connectivity index (χ0n) is 12.3. The van der Waals surface area contributed by atoms with Crippen LogP contribution in [0.2, 0.25) is 0 Å². The number of benzene rings is 1. The van der Waals surface area contributed by atoms with Gasteiger partial charge in [0.05, 0.1) is 11.1 Å². The average Bonchev–Trinajstić information content (AvgIpc) is 2.71. The van der Waals surface area contributed by atoms with Crippen LogP contribution in [-0.4, -0.2) is 34.5 Å². The molecule has 1 aliphatic carbocycles. The number of imide groups is 1. The third kappa shape index (κ3) is 2.20. The molecule has 0 saturated heterocycles. The second-order valence-electron chi connectivity index (χ2n) is 5.66. The number of rotatable bonds is 3. The van der Waals surface area contributed by atoms with E-state index in [2.05, 4.69) is 5.32 Å². The van der Waals surface area contributed by atoms with Crippen LogP contribution in [-0.2, 0) is 4.79 Å². The van der Waals surface area contributed by atoms with Crippen molar-refractivity contribution in [1.29, 1.82) is 5.41 Å². The van der Waals surface area contributed by atoms with Crippen molar-refractivity contribution in [2.45, 2.75) is 32.2 Å². The van der Waals surface area contributed by atoms with Crippen molar-refractivity contribution >= 4 is 23.6 Å². The van der Waals surface area contributed by atoms with E-state index in [-0.39, 0.29) is 35.5 Å². The summed E-state index contributed by atoms with van der Waals surface area (Å²) < 4.78 is 0. The molecule has 22 heavy (non-hydrogen) atoms. The Hall–Kier alpha value is -2.50. The van der Waals surface area contributed by atoms with Gasteiger partial charge in [-0.2, -0.15) is 0 Å². The number of fused-ring (bicyclic) bond motifs is 1. The molecule has 2 aliphatic rings. The summed E-state index contributed by atoms with van der Waals surface area (Å²) in [7, 11) is 0. The predicted octanol–water partition coefficient (Wildman–Crippen LogP) is 1.56. The van der Waals surface area contributed by atoms with Gasteiger partial charge in [0.25, 0.3) is 11.8 Å². The Morgan fingerprint density at radius 3 is 2.27 bits per heavy atom. The Balaban J connectivity index is 1.65. The highest BCUT2D eigenvalue weighted by Gasteiger charge is 2.46. The van der Waals surface area contributed by atoms with E-state index >= 15 is 0 Å². The standard InChI is InChI=1S/C16H17N3O3/c1-2-13(20)18-14(17)9-7-10(8-9)19-15(21)11-5-3-4-6-12(11)16(19)22/h3-6,9-10H,2,7-8H2,1H3,(H2,17,18,20). The summed E-state index contributed by atoms with van der Waals surface area (Å²) in [5, 5.41) is 10.4. The van der Waals surface area contributed by atoms with Crippen LogP contribution in [0.5, 0.6) is 0 Å². The fourth-order valence-electron chi connectivity index (χ4n) is 2.91. The van der Waals surface area contributed by atoms with E-state index in [1.807, 2.05) is 0 Å². The maximum Gasteiger partial charge on any atom is 0.261 e. The van der Waals surface area contributed by atoms with E-state index < -0.39 is 0 Å². The molecule has 1 aromatic carbocycles. The lowest BCUT2D eigenvalue weighted by Crippen LogP contribution is -2.52. The molecule has 1 aliphatic heterocycles. The third-order valence-electron chi connectivity index (χ3n) is 4.31. The van der Waals surface area contributed by atoms with Crippen molar-refractivity contribution in [2.75, 3.05) is 0 Å². The molecule has 0 atom stereocenters. The zero-order chi connectivity index (χ0) is 15.9. The molecule has 0 spiro atoms. The second-order valence-corrected chi connectivity index (χ2v) is 5.66. The topological polar surface area (TPSA) is 90.3 Å². The zero-order valence-corrected chi connectivity index (χ0v) is 12.3. The SMILES string of the molecule is CCC(=O)NC(=N)C1CC(N2C(=O)c3ccccc3C2=O)C1. The molecule has 1 fully saturated rings. The van der Waals surface area contributed by atoms with Gasteiger partial charge < -0.3 is 5.32 Å². The summed E-state index contributed by atoms with van der Waals surface area (Å²) >= 11 is 0. The Labute approximate surface area is 128 Å². The third-order valence-corrected chi connectivity index (χ3v) is 4.31. The van der Waals surface area contributed by atoms with Crippen molar-refractivity contribution < 1.29 is 14.4 Å². The first kappa shape index (κ1) is 14.4. The van der Waals surface area contributed by atoms with Crippen LogP contribution in [0, 0.1) is 11.3 Å². The van der Waals surface area contributed by atoms with Crippen molar-refractivity contribution in [3.05, 3.63) is 35.4 Å². The molecule has 0 aromatic heterocycles. The second kappa shape index (κ2) is 5.36. The summed E-state index contributed by atoms with van der Waals surface area (Å²) in [6.45, 7) is 1.73. The smallest absolute Gasteiger partial charge is 0.261 e. The lowest BCUT2D eigenvalue weighted by atomic mass is 9.78. The van der Waals surface area contributed by atoms with E-state index in [0.29, 0.717) is 30.4 Å². The van der Waals surface area contributed by atoms with Gasteiger partial charge >= 0.3 is 0 Å².